The minimum Gasteiger partial charge on any atom is -0.359 e. The van der Waals surface area contributed by atoms with E-state index in [1.807, 2.05) is 13.0 Å². The summed E-state index contributed by atoms with van der Waals surface area (Å²) in [6.45, 7) is 3.60. The summed E-state index contributed by atoms with van der Waals surface area (Å²) in [4.78, 5) is 31.0. The first-order valence-electron chi connectivity index (χ1n) is 10.0. The lowest BCUT2D eigenvalue weighted by Crippen LogP contribution is -2.39. The minimum atomic E-state index is -0.111. The van der Waals surface area contributed by atoms with Gasteiger partial charge in [-0.25, -0.2) is 0 Å². The molecule has 1 aromatic rings. The van der Waals surface area contributed by atoms with E-state index < -0.39 is 0 Å². The van der Waals surface area contributed by atoms with Crippen LogP contribution in [0.1, 0.15) is 31.2 Å². The number of amides is 2. The Balaban J connectivity index is 1.21. The normalized spacial score (nSPS) is 28.4. The van der Waals surface area contributed by atoms with E-state index in [-0.39, 0.29) is 35.5 Å². The lowest BCUT2D eigenvalue weighted by Gasteiger charge is -2.17. The molecule has 150 valence electrons. The van der Waals surface area contributed by atoms with Crippen LogP contribution in [0.4, 0.5) is 0 Å². The van der Waals surface area contributed by atoms with Gasteiger partial charge in [-0.05, 0) is 31.1 Å². The second kappa shape index (κ2) is 7.77. The average Bonchev–Trinajstić information content (AvgIpc) is 3.47. The van der Waals surface area contributed by atoms with Gasteiger partial charge in [0, 0.05) is 26.2 Å². The summed E-state index contributed by atoms with van der Waals surface area (Å²) < 4.78 is 5.24. The van der Waals surface area contributed by atoms with Gasteiger partial charge in [-0.1, -0.05) is 24.2 Å². The van der Waals surface area contributed by atoms with Gasteiger partial charge in [0.25, 0.3) is 0 Å². The van der Waals surface area contributed by atoms with E-state index in [1.54, 1.807) is 7.05 Å². The third-order valence-electron chi connectivity index (χ3n) is 6.04. The second-order valence-electron chi connectivity index (χ2n) is 7.67. The number of aliphatic imine (C=N–C) groups is 1. The fraction of sp³-hybridized carbons (Fsp3) is 0.600. The first-order chi connectivity index (χ1) is 13.6. The number of rotatable bonds is 7. The molecule has 2 N–H and O–H groups in total. The van der Waals surface area contributed by atoms with Gasteiger partial charge in [-0.3, -0.25) is 19.5 Å². The number of hydrogen-bond donors (Lipinski definition) is 2. The van der Waals surface area contributed by atoms with Crippen molar-refractivity contribution in [3.05, 3.63) is 29.7 Å². The van der Waals surface area contributed by atoms with Gasteiger partial charge in [-0.2, -0.15) is 0 Å². The SMILES string of the molecule is CCc1cc(CNC(=NC)NCCCN2C(=O)C3C4C=CC(C4)C3C2=O)on1. The molecule has 8 nitrogen and oxygen atoms in total. The molecule has 0 aromatic carbocycles. The van der Waals surface area contributed by atoms with Gasteiger partial charge >= 0.3 is 0 Å². The van der Waals surface area contributed by atoms with Gasteiger partial charge in [0.2, 0.25) is 11.8 Å². The summed E-state index contributed by atoms with van der Waals surface area (Å²) >= 11 is 0. The van der Waals surface area contributed by atoms with Crippen LogP contribution in [0.25, 0.3) is 0 Å². The summed E-state index contributed by atoms with van der Waals surface area (Å²) in [5.41, 5.74) is 0.924. The summed E-state index contributed by atoms with van der Waals surface area (Å²) in [5, 5.41) is 10.3. The molecule has 4 rings (SSSR count). The van der Waals surface area contributed by atoms with Gasteiger partial charge in [0.05, 0.1) is 24.1 Å². The number of imide groups is 1. The summed E-state index contributed by atoms with van der Waals surface area (Å²) in [7, 11) is 1.70. The standard InChI is InChI=1S/C20H27N5O3/c1-3-14-10-15(28-24-14)11-23-20(21-2)22-7-4-8-25-18(26)16-12-5-6-13(9-12)17(16)19(25)27/h5-6,10,12-13,16-17H,3-4,7-9,11H2,1-2H3,(H2,21,22,23). The first kappa shape index (κ1) is 18.7. The number of aromatic nitrogens is 1. The zero-order valence-electron chi connectivity index (χ0n) is 16.4. The molecule has 4 atom stereocenters. The van der Waals surface area contributed by atoms with Crippen molar-refractivity contribution in [2.24, 2.45) is 28.7 Å². The predicted molar refractivity (Wildman–Crippen MR) is 103 cm³/mol. The molecule has 2 fully saturated rings. The molecular weight excluding hydrogens is 358 g/mol. The van der Waals surface area contributed by atoms with Crippen LogP contribution in [0.2, 0.25) is 0 Å². The van der Waals surface area contributed by atoms with Crippen molar-refractivity contribution < 1.29 is 14.1 Å². The number of carbonyl (C=O) groups is 2. The summed E-state index contributed by atoms with van der Waals surface area (Å²) in [5.74, 6) is 1.75. The molecule has 1 aromatic heterocycles. The first-order valence-corrected chi connectivity index (χ1v) is 10.0. The highest BCUT2D eigenvalue weighted by atomic mass is 16.5. The number of guanidine groups is 1. The molecule has 3 aliphatic rings. The van der Waals surface area contributed by atoms with Crippen LogP contribution in [-0.4, -0.2) is 48.0 Å². The van der Waals surface area contributed by atoms with Crippen molar-refractivity contribution in [1.82, 2.24) is 20.7 Å². The van der Waals surface area contributed by atoms with Gasteiger partial charge in [0.1, 0.15) is 0 Å². The Morgan fingerprint density at radius 2 is 1.96 bits per heavy atom. The van der Waals surface area contributed by atoms with E-state index >= 15 is 0 Å². The molecule has 0 radical (unpaired) electrons. The van der Waals surface area contributed by atoms with Crippen LogP contribution >= 0.6 is 0 Å². The maximum Gasteiger partial charge on any atom is 0.233 e. The van der Waals surface area contributed by atoms with Crippen LogP contribution < -0.4 is 10.6 Å². The van der Waals surface area contributed by atoms with E-state index in [1.165, 1.54) is 4.90 Å². The Kier molecular flexibility index (Phi) is 5.19. The van der Waals surface area contributed by atoms with Crippen molar-refractivity contribution >= 4 is 17.8 Å². The van der Waals surface area contributed by atoms with Crippen LogP contribution in [-0.2, 0) is 22.6 Å². The minimum absolute atomic E-state index is 0.0198. The summed E-state index contributed by atoms with van der Waals surface area (Å²) in [6, 6.07) is 1.92. The molecule has 2 bridgehead atoms. The maximum atomic E-state index is 12.7. The molecule has 28 heavy (non-hydrogen) atoms. The fourth-order valence-electron chi connectivity index (χ4n) is 4.63. The molecule has 1 aliphatic heterocycles. The van der Waals surface area contributed by atoms with E-state index in [4.69, 9.17) is 4.52 Å². The molecule has 1 saturated carbocycles. The molecule has 4 unspecified atom stereocenters. The largest absolute Gasteiger partial charge is 0.359 e. The number of aryl methyl sites for hydroxylation is 1. The average molecular weight is 385 g/mol. The number of hydrogen-bond acceptors (Lipinski definition) is 5. The van der Waals surface area contributed by atoms with Gasteiger partial charge in [-0.15, -0.1) is 0 Å². The highest BCUT2D eigenvalue weighted by molar-refractivity contribution is 6.06. The summed E-state index contributed by atoms with van der Waals surface area (Å²) in [6.07, 6.45) is 6.73. The number of allylic oxidation sites excluding steroid dienone is 2. The van der Waals surface area contributed by atoms with Crippen molar-refractivity contribution in [2.75, 3.05) is 20.1 Å². The number of nitrogens with one attached hydrogen (secondary N) is 2. The Labute approximate surface area is 164 Å². The Hall–Kier alpha value is -2.64. The molecule has 2 amide bonds. The van der Waals surface area contributed by atoms with Crippen LogP contribution in [0, 0.1) is 23.7 Å². The Morgan fingerprint density at radius 3 is 2.57 bits per heavy atom. The van der Waals surface area contributed by atoms with Crippen molar-refractivity contribution in [2.45, 2.75) is 32.7 Å². The monoisotopic (exact) mass is 385 g/mol. The second-order valence-corrected chi connectivity index (χ2v) is 7.67. The fourth-order valence-corrected chi connectivity index (χ4v) is 4.63. The zero-order chi connectivity index (χ0) is 19.7. The Bertz CT molecular complexity index is 785. The third kappa shape index (κ3) is 3.31. The topological polar surface area (TPSA) is 99.8 Å². The van der Waals surface area contributed by atoms with Crippen LogP contribution in [0.3, 0.4) is 0 Å². The van der Waals surface area contributed by atoms with E-state index in [0.29, 0.717) is 32.0 Å². The van der Waals surface area contributed by atoms with Gasteiger partial charge in [0.15, 0.2) is 11.7 Å². The number of likely N-dealkylation sites (tertiary alicyclic amines) is 1. The van der Waals surface area contributed by atoms with Gasteiger partial charge < -0.3 is 15.2 Å². The highest BCUT2D eigenvalue weighted by Crippen LogP contribution is 2.52. The molecule has 8 heteroatoms. The zero-order valence-corrected chi connectivity index (χ0v) is 16.4. The number of nitrogens with zero attached hydrogens (tertiary/aromatic N) is 3. The van der Waals surface area contributed by atoms with Crippen molar-refractivity contribution in [3.63, 3.8) is 0 Å². The molecule has 2 heterocycles. The van der Waals surface area contributed by atoms with E-state index in [2.05, 4.69) is 32.9 Å². The Morgan fingerprint density at radius 1 is 1.25 bits per heavy atom. The van der Waals surface area contributed by atoms with Crippen LogP contribution in [0.5, 0.6) is 0 Å². The van der Waals surface area contributed by atoms with E-state index in [0.717, 1.165) is 24.3 Å². The molecule has 2 aliphatic carbocycles. The van der Waals surface area contributed by atoms with Crippen molar-refractivity contribution in [3.8, 4) is 0 Å². The number of carbonyl (C=O) groups excluding carboxylic acids is 2. The predicted octanol–water partition coefficient (Wildman–Crippen LogP) is 1.10. The van der Waals surface area contributed by atoms with E-state index in [9.17, 15) is 9.59 Å². The van der Waals surface area contributed by atoms with Crippen LogP contribution in [0.15, 0.2) is 27.7 Å². The molecular formula is C20H27N5O3. The van der Waals surface area contributed by atoms with Crippen molar-refractivity contribution in [1.29, 1.82) is 0 Å². The maximum absolute atomic E-state index is 12.7. The quantitative estimate of drug-likeness (QED) is 0.240. The molecule has 1 saturated heterocycles. The lowest BCUT2D eigenvalue weighted by molar-refractivity contribution is -0.140. The smallest absolute Gasteiger partial charge is 0.233 e. The highest BCUT2D eigenvalue weighted by Gasteiger charge is 2.58. The third-order valence-corrected chi connectivity index (χ3v) is 6.04. The lowest BCUT2D eigenvalue weighted by atomic mass is 9.85. The number of fused-ring (bicyclic) bond motifs is 5. The molecule has 0 spiro atoms.